The van der Waals surface area contributed by atoms with E-state index in [-0.39, 0.29) is 25.1 Å². The van der Waals surface area contributed by atoms with E-state index in [1.807, 2.05) is 18.2 Å². The summed E-state index contributed by atoms with van der Waals surface area (Å²) in [6.45, 7) is 2.30. The number of rotatable bonds is 11. The summed E-state index contributed by atoms with van der Waals surface area (Å²) in [5.74, 6) is 1.97. The van der Waals surface area contributed by atoms with Crippen molar-refractivity contribution in [3.05, 3.63) is 35.5 Å². The van der Waals surface area contributed by atoms with Crippen LogP contribution in [0.3, 0.4) is 0 Å². The first-order valence-corrected chi connectivity index (χ1v) is 9.49. The molecule has 0 saturated heterocycles. The summed E-state index contributed by atoms with van der Waals surface area (Å²) in [6.07, 6.45) is 4.35. The summed E-state index contributed by atoms with van der Waals surface area (Å²) in [6, 6.07) is 5.62. The predicted octanol–water partition coefficient (Wildman–Crippen LogP) is 2.99. The number of unbranched alkanes of at least 4 members (excludes halogenated alkanes) is 2. The van der Waals surface area contributed by atoms with E-state index in [4.69, 9.17) is 18.7 Å². The molecule has 0 amide bonds. The van der Waals surface area contributed by atoms with E-state index in [9.17, 15) is 9.59 Å². The second kappa shape index (κ2) is 9.87. The van der Waals surface area contributed by atoms with E-state index >= 15 is 0 Å². The van der Waals surface area contributed by atoms with Crippen molar-refractivity contribution in [3.8, 4) is 11.5 Å². The van der Waals surface area contributed by atoms with Crippen LogP contribution in [-0.2, 0) is 27.2 Å². The van der Waals surface area contributed by atoms with E-state index in [0.717, 1.165) is 24.7 Å². The Hall–Kier alpha value is -2.90. The van der Waals surface area contributed by atoms with Crippen LogP contribution in [0.1, 0.15) is 55.8 Å². The molecule has 1 atom stereocenters. The summed E-state index contributed by atoms with van der Waals surface area (Å²) in [7, 11) is 0. The first-order chi connectivity index (χ1) is 13.7. The number of fused-ring (bicyclic) bond motifs is 1. The molecule has 8 nitrogen and oxygen atoms in total. The predicted molar refractivity (Wildman–Crippen MR) is 98.2 cm³/mol. The number of aryl methyl sites for hydroxylation is 1. The molecule has 150 valence electrons. The minimum Gasteiger partial charge on any atom is -0.466 e. The van der Waals surface area contributed by atoms with Gasteiger partial charge < -0.3 is 23.5 Å². The molecule has 0 aliphatic carbocycles. The minimum atomic E-state index is -0.279. The van der Waals surface area contributed by atoms with Crippen molar-refractivity contribution in [1.29, 1.82) is 0 Å². The quantitative estimate of drug-likeness (QED) is 0.329. The lowest BCUT2D eigenvalue weighted by atomic mass is 9.92. The standard InChI is InChI=1S/C20H24N2O6/c1-2-25-20(24)12-15(14-7-8-16-17(10-14)27-13-26-16)11-19-21-18(22-28-19)6-4-3-5-9-23/h7-10,15H,2-6,11-13H2,1H3/t15-/m1/s1. The van der Waals surface area contributed by atoms with Crippen molar-refractivity contribution in [2.24, 2.45) is 0 Å². The SMILES string of the molecule is CCOC(=O)C[C@@H](Cc1nc(CCCCC=O)no1)c1ccc2c(c1)OCO2. The number of benzene rings is 1. The van der Waals surface area contributed by atoms with E-state index in [1.165, 1.54) is 0 Å². The third kappa shape index (κ3) is 5.31. The van der Waals surface area contributed by atoms with E-state index in [0.29, 0.717) is 49.1 Å². The Labute approximate surface area is 163 Å². The molecule has 3 rings (SSSR count). The average Bonchev–Trinajstić information content (AvgIpc) is 3.33. The van der Waals surface area contributed by atoms with Crippen LogP contribution in [0.5, 0.6) is 11.5 Å². The lowest BCUT2D eigenvalue weighted by Gasteiger charge is -2.15. The summed E-state index contributed by atoms with van der Waals surface area (Å²) in [4.78, 5) is 26.9. The minimum absolute atomic E-state index is 0.183. The number of esters is 1. The number of hydrogen-bond donors (Lipinski definition) is 0. The molecule has 0 fully saturated rings. The van der Waals surface area contributed by atoms with Crippen LogP contribution < -0.4 is 9.47 Å². The number of aromatic nitrogens is 2. The maximum absolute atomic E-state index is 12.1. The van der Waals surface area contributed by atoms with Crippen molar-refractivity contribution in [2.45, 2.75) is 51.4 Å². The molecule has 0 spiro atoms. The second-order valence-electron chi connectivity index (χ2n) is 6.54. The largest absolute Gasteiger partial charge is 0.466 e. The number of carbonyl (C=O) groups is 2. The number of carbonyl (C=O) groups excluding carboxylic acids is 2. The number of aldehydes is 1. The summed E-state index contributed by atoms with van der Waals surface area (Å²) in [5.41, 5.74) is 0.919. The van der Waals surface area contributed by atoms with Gasteiger partial charge in [0.15, 0.2) is 17.3 Å². The van der Waals surface area contributed by atoms with Crippen molar-refractivity contribution in [1.82, 2.24) is 10.1 Å². The molecule has 0 unspecified atom stereocenters. The van der Waals surface area contributed by atoms with Gasteiger partial charge in [0.1, 0.15) is 6.29 Å². The van der Waals surface area contributed by atoms with E-state index in [2.05, 4.69) is 10.1 Å². The van der Waals surface area contributed by atoms with Gasteiger partial charge in [0.2, 0.25) is 12.7 Å². The van der Waals surface area contributed by atoms with Gasteiger partial charge in [0, 0.05) is 25.2 Å². The van der Waals surface area contributed by atoms with Crippen molar-refractivity contribution in [3.63, 3.8) is 0 Å². The van der Waals surface area contributed by atoms with Crippen LogP contribution in [0.25, 0.3) is 0 Å². The zero-order valence-corrected chi connectivity index (χ0v) is 15.9. The highest BCUT2D eigenvalue weighted by Gasteiger charge is 2.23. The molecular weight excluding hydrogens is 364 g/mol. The van der Waals surface area contributed by atoms with Gasteiger partial charge >= 0.3 is 5.97 Å². The average molecular weight is 388 g/mol. The molecule has 0 saturated carbocycles. The Morgan fingerprint density at radius 2 is 2.14 bits per heavy atom. The summed E-state index contributed by atoms with van der Waals surface area (Å²) in [5, 5.41) is 4.00. The highest BCUT2D eigenvalue weighted by Crippen LogP contribution is 2.36. The zero-order valence-electron chi connectivity index (χ0n) is 15.9. The first-order valence-electron chi connectivity index (χ1n) is 9.49. The van der Waals surface area contributed by atoms with Crippen LogP contribution in [0.15, 0.2) is 22.7 Å². The molecule has 0 bridgehead atoms. The first kappa shape index (κ1) is 19.9. The van der Waals surface area contributed by atoms with Crippen molar-refractivity contribution in [2.75, 3.05) is 13.4 Å². The summed E-state index contributed by atoms with van der Waals surface area (Å²) < 4.78 is 21.3. The molecule has 1 aliphatic rings. The third-order valence-corrected chi connectivity index (χ3v) is 4.49. The zero-order chi connectivity index (χ0) is 19.8. The van der Waals surface area contributed by atoms with Crippen LogP contribution in [0.2, 0.25) is 0 Å². The molecule has 1 aromatic carbocycles. The molecule has 2 aromatic rings. The highest BCUT2D eigenvalue weighted by atomic mass is 16.7. The lowest BCUT2D eigenvalue weighted by Crippen LogP contribution is -2.13. The van der Waals surface area contributed by atoms with Crippen molar-refractivity contribution >= 4 is 12.3 Å². The molecule has 1 aliphatic heterocycles. The fourth-order valence-electron chi connectivity index (χ4n) is 3.09. The Kier molecular flexibility index (Phi) is 7.00. The van der Waals surface area contributed by atoms with Gasteiger partial charge in [-0.15, -0.1) is 0 Å². The van der Waals surface area contributed by atoms with E-state index < -0.39 is 0 Å². The van der Waals surface area contributed by atoms with Crippen LogP contribution in [0.4, 0.5) is 0 Å². The Bertz CT molecular complexity index is 804. The Morgan fingerprint density at radius 3 is 2.96 bits per heavy atom. The van der Waals surface area contributed by atoms with Crippen LogP contribution >= 0.6 is 0 Å². The number of hydrogen-bond acceptors (Lipinski definition) is 8. The van der Waals surface area contributed by atoms with Gasteiger partial charge in [-0.05, 0) is 37.5 Å². The highest BCUT2D eigenvalue weighted by molar-refractivity contribution is 5.70. The molecular formula is C20H24N2O6. The van der Waals surface area contributed by atoms with Gasteiger partial charge in [0.05, 0.1) is 13.0 Å². The molecule has 0 N–H and O–H groups in total. The molecule has 8 heteroatoms. The van der Waals surface area contributed by atoms with Crippen LogP contribution in [-0.4, -0.2) is 35.8 Å². The molecule has 2 heterocycles. The Morgan fingerprint density at radius 1 is 1.29 bits per heavy atom. The van der Waals surface area contributed by atoms with Gasteiger partial charge in [-0.25, -0.2) is 0 Å². The van der Waals surface area contributed by atoms with Gasteiger partial charge in [-0.1, -0.05) is 11.2 Å². The fraction of sp³-hybridized carbons (Fsp3) is 0.500. The lowest BCUT2D eigenvalue weighted by molar-refractivity contribution is -0.143. The maximum atomic E-state index is 12.1. The van der Waals surface area contributed by atoms with Gasteiger partial charge in [-0.2, -0.15) is 4.98 Å². The smallest absolute Gasteiger partial charge is 0.306 e. The molecule has 28 heavy (non-hydrogen) atoms. The third-order valence-electron chi connectivity index (χ3n) is 4.49. The van der Waals surface area contributed by atoms with E-state index in [1.54, 1.807) is 6.92 Å². The second-order valence-corrected chi connectivity index (χ2v) is 6.54. The van der Waals surface area contributed by atoms with Gasteiger partial charge in [-0.3, -0.25) is 4.79 Å². The van der Waals surface area contributed by atoms with Crippen molar-refractivity contribution < 1.29 is 28.3 Å². The topological polar surface area (TPSA) is 101 Å². The summed E-state index contributed by atoms with van der Waals surface area (Å²) >= 11 is 0. The number of nitrogens with zero attached hydrogens (tertiary/aromatic N) is 2. The van der Waals surface area contributed by atoms with Crippen LogP contribution in [0, 0.1) is 0 Å². The fourth-order valence-corrected chi connectivity index (χ4v) is 3.09. The maximum Gasteiger partial charge on any atom is 0.306 e. The normalized spacial score (nSPS) is 13.3. The number of ether oxygens (including phenoxy) is 3. The Balaban J connectivity index is 1.69. The monoisotopic (exact) mass is 388 g/mol. The molecule has 1 aromatic heterocycles. The molecule has 0 radical (unpaired) electrons. The van der Waals surface area contributed by atoms with Gasteiger partial charge in [0.25, 0.3) is 0 Å².